The van der Waals surface area contributed by atoms with Crippen LogP contribution in [0.2, 0.25) is 0 Å². The third kappa shape index (κ3) is 5.12. The van der Waals surface area contributed by atoms with Crippen molar-refractivity contribution < 1.29 is 36.0 Å². The lowest BCUT2D eigenvalue weighted by Gasteiger charge is -2.17. The number of amides is 1. The fourth-order valence-corrected chi connectivity index (χ4v) is 3.17. The van der Waals surface area contributed by atoms with Crippen molar-refractivity contribution >= 4 is 12.0 Å². The zero-order chi connectivity index (χ0) is 22.1. The SMILES string of the molecule is NC(=O)/C=C/c1ccc2c(c1)CCC2NOc1cc(C(F)(F)F)cc(C(F)(F)F)c1. The number of alkyl halides is 6. The molecule has 160 valence electrons. The van der Waals surface area contributed by atoms with E-state index in [9.17, 15) is 31.1 Å². The largest absolute Gasteiger partial charge is 0.416 e. The molecule has 30 heavy (non-hydrogen) atoms. The van der Waals surface area contributed by atoms with E-state index in [1.807, 2.05) is 6.07 Å². The first kappa shape index (κ1) is 21.7. The molecule has 0 aliphatic heterocycles. The molecule has 3 N–H and O–H groups in total. The number of primary amides is 1. The molecule has 1 unspecified atom stereocenters. The van der Waals surface area contributed by atoms with Crippen LogP contribution < -0.4 is 16.1 Å². The van der Waals surface area contributed by atoms with Gasteiger partial charge in [-0.1, -0.05) is 18.2 Å². The highest BCUT2D eigenvalue weighted by Crippen LogP contribution is 2.38. The Morgan fingerprint density at radius 1 is 1.03 bits per heavy atom. The summed E-state index contributed by atoms with van der Waals surface area (Å²) in [5, 5.41) is 0. The van der Waals surface area contributed by atoms with E-state index in [1.54, 1.807) is 18.2 Å². The van der Waals surface area contributed by atoms with Crippen LogP contribution in [0, 0.1) is 0 Å². The lowest BCUT2D eigenvalue weighted by atomic mass is 10.0. The van der Waals surface area contributed by atoms with Gasteiger partial charge in [0.1, 0.15) is 5.75 Å². The van der Waals surface area contributed by atoms with E-state index in [1.165, 1.54) is 6.08 Å². The molecule has 2 aromatic rings. The smallest absolute Gasteiger partial charge is 0.408 e. The van der Waals surface area contributed by atoms with Crippen LogP contribution in [0.5, 0.6) is 5.75 Å². The second-order valence-corrected chi connectivity index (χ2v) is 6.75. The highest BCUT2D eigenvalue weighted by atomic mass is 19.4. The molecule has 2 aromatic carbocycles. The van der Waals surface area contributed by atoms with Gasteiger partial charge in [0.25, 0.3) is 0 Å². The number of rotatable bonds is 5. The first-order valence-electron chi connectivity index (χ1n) is 8.75. The summed E-state index contributed by atoms with van der Waals surface area (Å²) in [6.07, 6.45) is -6.00. The Hall–Kier alpha value is -3.01. The van der Waals surface area contributed by atoms with Crippen molar-refractivity contribution in [3.8, 4) is 5.75 Å². The zero-order valence-corrected chi connectivity index (χ0v) is 15.3. The number of aryl methyl sites for hydroxylation is 1. The van der Waals surface area contributed by atoms with Gasteiger partial charge < -0.3 is 10.6 Å². The van der Waals surface area contributed by atoms with Gasteiger partial charge in [-0.15, -0.1) is 5.48 Å². The van der Waals surface area contributed by atoms with Gasteiger partial charge in [-0.05, 0) is 53.8 Å². The predicted molar refractivity (Wildman–Crippen MR) is 95.9 cm³/mol. The second kappa shape index (κ2) is 8.02. The van der Waals surface area contributed by atoms with E-state index >= 15 is 0 Å². The summed E-state index contributed by atoms with van der Waals surface area (Å²) in [5.41, 5.74) is 7.16. The fraction of sp³-hybridized carbons (Fsp3) is 0.250. The van der Waals surface area contributed by atoms with Crippen molar-refractivity contribution in [2.24, 2.45) is 5.73 Å². The number of hydroxylamine groups is 1. The molecule has 10 heteroatoms. The molecule has 0 bridgehead atoms. The molecule has 0 aromatic heterocycles. The Labute approximate surface area is 167 Å². The van der Waals surface area contributed by atoms with Crippen LogP contribution in [0.3, 0.4) is 0 Å². The first-order chi connectivity index (χ1) is 13.9. The van der Waals surface area contributed by atoms with E-state index in [0.717, 1.165) is 16.7 Å². The molecule has 0 radical (unpaired) electrons. The number of halogens is 6. The molecule has 0 saturated heterocycles. The van der Waals surface area contributed by atoms with Gasteiger partial charge in [0, 0.05) is 6.08 Å². The number of hydrogen-bond acceptors (Lipinski definition) is 3. The molecule has 1 aliphatic carbocycles. The average Bonchev–Trinajstić information content (AvgIpc) is 3.05. The minimum absolute atomic E-state index is 0.0405. The molecule has 4 nitrogen and oxygen atoms in total. The number of hydrogen-bond donors (Lipinski definition) is 2. The Kier molecular flexibility index (Phi) is 5.80. The van der Waals surface area contributed by atoms with E-state index in [4.69, 9.17) is 10.6 Å². The van der Waals surface area contributed by atoms with Crippen molar-refractivity contribution in [1.82, 2.24) is 5.48 Å². The Balaban J connectivity index is 1.78. The van der Waals surface area contributed by atoms with Gasteiger partial charge in [0.2, 0.25) is 5.91 Å². The van der Waals surface area contributed by atoms with Crippen LogP contribution in [0.25, 0.3) is 6.08 Å². The summed E-state index contributed by atoms with van der Waals surface area (Å²) < 4.78 is 77.7. The summed E-state index contributed by atoms with van der Waals surface area (Å²) in [6.45, 7) is 0. The molecule has 3 rings (SSSR count). The van der Waals surface area contributed by atoms with Crippen molar-refractivity contribution in [2.45, 2.75) is 31.2 Å². The van der Waals surface area contributed by atoms with Gasteiger partial charge in [-0.3, -0.25) is 4.79 Å². The molecule has 1 aliphatic rings. The third-order valence-electron chi connectivity index (χ3n) is 4.57. The van der Waals surface area contributed by atoms with Crippen LogP contribution in [-0.2, 0) is 23.6 Å². The number of nitrogens with two attached hydrogens (primary N) is 1. The molecular formula is C20H16F6N2O2. The number of benzene rings is 2. The lowest BCUT2D eigenvalue weighted by Crippen LogP contribution is -2.23. The first-order valence-corrected chi connectivity index (χ1v) is 8.75. The molecule has 0 heterocycles. The van der Waals surface area contributed by atoms with E-state index in [-0.39, 0.29) is 6.07 Å². The van der Waals surface area contributed by atoms with Crippen molar-refractivity contribution in [3.63, 3.8) is 0 Å². The average molecular weight is 430 g/mol. The Bertz CT molecular complexity index is 950. The predicted octanol–water partition coefficient (Wildman–Crippen LogP) is 4.79. The van der Waals surface area contributed by atoms with Crippen molar-refractivity contribution in [1.29, 1.82) is 0 Å². The van der Waals surface area contributed by atoms with E-state index in [0.29, 0.717) is 25.0 Å². The molecule has 1 atom stereocenters. The Morgan fingerprint density at radius 3 is 2.23 bits per heavy atom. The quantitative estimate of drug-likeness (QED) is 0.407. The van der Waals surface area contributed by atoms with Crippen LogP contribution in [0.4, 0.5) is 26.3 Å². The van der Waals surface area contributed by atoms with Crippen LogP contribution in [-0.4, -0.2) is 5.91 Å². The monoisotopic (exact) mass is 430 g/mol. The van der Waals surface area contributed by atoms with Crippen LogP contribution in [0.1, 0.15) is 40.3 Å². The molecule has 1 amide bonds. The summed E-state index contributed by atoms with van der Waals surface area (Å²) in [6, 6.07) is 5.92. The number of nitrogens with one attached hydrogen (secondary N) is 1. The lowest BCUT2D eigenvalue weighted by molar-refractivity contribution is -0.143. The molecular weight excluding hydrogens is 414 g/mol. The Morgan fingerprint density at radius 2 is 1.67 bits per heavy atom. The zero-order valence-electron chi connectivity index (χ0n) is 15.3. The minimum atomic E-state index is -4.95. The topological polar surface area (TPSA) is 64.4 Å². The van der Waals surface area contributed by atoms with Crippen molar-refractivity contribution in [3.05, 3.63) is 70.3 Å². The standard InChI is InChI=1S/C20H16F6N2O2/c21-19(22,23)13-8-14(20(24,25)26)10-15(9-13)30-28-17-5-3-12-7-11(1-4-16(12)17)2-6-18(27)29/h1-2,4,6-10,17,28H,3,5H2,(H2,27,29)/b6-2+. The van der Waals surface area contributed by atoms with Gasteiger partial charge in [0.15, 0.2) is 0 Å². The number of carbonyl (C=O) groups is 1. The van der Waals surface area contributed by atoms with Gasteiger partial charge in [-0.2, -0.15) is 26.3 Å². The maximum absolute atomic E-state index is 12.9. The van der Waals surface area contributed by atoms with Gasteiger partial charge >= 0.3 is 12.4 Å². The normalized spacial score (nSPS) is 16.7. The highest BCUT2D eigenvalue weighted by molar-refractivity contribution is 5.90. The minimum Gasteiger partial charge on any atom is -0.408 e. The summed E-state index contributed by atoms with van der Waals surface area (Å²) in [7, 11) is 0. The molecule has 0 saturated carbocycles. The maximum Gasteiger partial charge on any atom is 0.416 e. The van der Waals surface area contributed by atoms with E-state index in [2.05, 4.69) is 5.48 Å². The molecule has 0 spiro atoms. The van der Waals surface area contributed by atoms with E-state index < -0.39 is 41.2 Å². The molecule has 0 fully saturated rings. The van der Waals surface area contributed by atoms with Crippen LogP contribution in [0.15, 0.2) is 42.5 Å². The second-order valence-electron chi connectivity index (χ2n) is 6.75. The number of fused-ring (bicyclic) bond motifs is 1. The fourth-order valence-electron chi connectivity index (χ4n) is 3.17. The maximum atomic E-state index is 12.9. The van der Waals surface area contributed by atoms with Gasteiger partial charge in [-0.25, -0.2) is 0 Å². The summed E-state index contributed by atoms with van der Waals surface area (Å²) >= 11 is 0. The van der Waals surface area contributed by atoms with Crippen LogP contribution >= 0.6 is 0 Å². The van der Waals surface area contributed by atoms with Crippen molar-refractivity contribution in [2.75, 3.05) is 0 Å². The van der Waals surface area contributed by atoms with Gasteiger partial charge in [0.05, 0.1) is 17.2 Å². The highest BCUT2D eigenvalue weighted by Gasteiger charge is 2.37. The summed E-state index contributed by atoms with van der Waals surface area (Å²) in [4.78, 5) is 15.9. The third-order valence-corrected chi connectivity index (χ3v) is 4.57. The summed E-state index contributed by atoms with van der Waals surface area (Å²) in [5.74, 6) is -1.19. The number of carbonyl (C=O) groups excluding carboxylic acids is 1.